The summed E-state index contributed by atoms with van der Waals surface area (Å²) < 4.78 is 3.12. The molecule has 3 aromatic rings. The van der Waals surface area contributed by atoms with Gasteiger partial charge in [0.1, 0.15) is 17.3 Å². The van der Waals surface area contributed by atoms with Crippen LogP contribution < -0.4 is 5.56 Å². The molecule has 3 rings (SSSR count). The first-order chi connectivity index (χ1) is 13.2. The highest BCUT2D eigenvalue weighted by Crippen LogP contribution is 2.29. The Morgan fingerprint density at radius 1 is 1.29 bits per heavy atom. The highest BCUT2D eigenvalue weighted by molar-refractivity contribution is 5.94. The maximum atomic E-state index is 13.1. The van der Waals surface area contributed by atoms with Crippen LogP contribution in [0.1, 0.15) is 61.3 Å². The van der Waals surface area contributed by atoms with Crippen LogP contribution in [-0.2, 0) is 0 Å². The topological polar surface area (TPSA) is 99.2 Å². The van der Waals surface area contributed by atoms with E-state index in [0.29, 0.717) is 28.2 Å². The van der Waals surface area contributed by atoms with Gasteiger partial charge < -0.3 is 14.5 Å². The SMILES string of the molecule is CC(C)c1c(-c2cc(C(=O)N(C)C)n(C(C)C)c2)[nH]c2c(C#N)cnn2c1=O. The van der Waals surface area contributed by atoms with Gasteiger partial charge in [-0.25, -0.2) is 0 Å². The zero-order valence-electron chi connectivity index (χ0n) is 16.9. The Morgan fingerprint density at radius 2 is 1.96 bits per heavy atom. The third kappa shape index (κ3) is 2.99. The zero-order chi connectivity index (χ0) is 20.7. The van der Waals surface area contributed by atoms with Crippen molar-refractivity contribution in [2.45, 2.75) is 39.7 Å². The van der Waals surface area contributed by atoms with Crippen molar-refractivity contribution in [1.82, 2.24) is 24.1 Å². The van der Waals surface area contributed by atoms with Gasteiger partial charge in [-0.15, -0.1) is 0 Å². The number of aromatic nitrogens is 4. The summed E-state index contributed by atoms with van der Waals surface area (Å²) in [5.41, 5.74) is 2.82. The molecule has 0 aliphatic heterocycles. The van der Waals surface area contributed by atoms with Crippen molar-refractivity contribution in [3.63, 3.8) is 0 Å². The van der Waals surface area contributed by atoms with Crippen LogP contribution >= 0.6 is 0 Å². The van der Waals surface area contributed by atoms with Crippen molar-refractivity contribution in [3.05, 3.63) is 45.6 Å². The number of carbonyl (C=O) groups is 1. The van der Waals surface area contributed by atoms with Gasteiger partial charge in [0.2, 0.25) is 0 Å². The summed E-state index contributed by atoms with van der Waals surface area (Å²) in [4.78, 5) is 30.4. The van der Waals surface area contributed by atoms with Crippen LogP contribution in [0.3, 0.4) is 0 Å². The molecule has 0 atom stereocenters. The van der Waals surface area contributed by atoms with Crippen LogP contribution in [-0.4, -0.2) is 44.1 Å². The second-order valence-electron chi connectivity index (χ2n) is 7.62. The summed E-state index contributed by atoms with van der Waals surface area (Å²) in [5, 5.41) is 13.4. The summed E-state index contributed by atoms with van der Waals surface area (Å²) in [5.74, 6) is -0.190. The molecule has 3 heterocycles. The van der Waals surface area contributed by atoms with Crippen LogP contribution in [0, 0.1) is 11.3 Å². The molecule has 0 aliphatic carbocycles. The Morgan fingerprint density at radius 3 is 2.50 bits per heavy atom. The Balaban J connectivity index is 2.36. The van der Waals surface area contributed by atoms with E-state index in [9.17, 15) is 14.9 Å². The molecule has 1 amide bonds. The summed E-state index contributed by atoms with van der Waals surface area (Å²) >= 11 is 0. The molecule has 8 heteroatoms. The van der Waals surface area contributed by atoms with Crippen molar-refractivity contribution >= 4 is 11.6 Å². The first-order valence-electron chi connectivity index (χ1n) is 9.15. The van der Waals surface area contributed by atoms with Crippen LogP contribution in [0.2, 0.25) is 0 Å². The van der Waals surface area contributed by atoms with Gasteiger partial charge >= 0.3 is 0 Å². The fraction of sp³-hybridized carbons (Fsp3) is 0.400. The molecule has 3 aromatic heterocycles. The normalized spacial score (nSPS) is 11.4. The fourth-order valence-electron chi connectivity index (χ4n) is 3.32. The number of aromatic amines is 1. The number of fused-ring (bicyclic) bond motifs is 1. The highest BCUT2D eigenvalue weighted by Gasteiger charge is 2.23. The fourth-order valence-corrected chi connectivity index (χ4v) is 3.32. The third-order valence-corrected chi connectivity index (χ3v) is 4.72. The number of hydrogen-bond donors (Lipinski definition) is 1. The molecule has 0 bridgehead atoms. The largest absolute Gasteiger partial charge is 0.343 e. The lowest BCUT2D eigenvalue weighted by Gasteiger charge is -2.15. The lowest BCUT2D eigenvalue weighted by molar-refractivity contribution is 0.0815. The molecule has 0 aromatic carbocycles. The zero-order valence-corrected chi connectivity index (χ0v) is 16.9. The molecule has 0 aliphatic rings. The standard InChI is InChI=1S/C20H24N6O2/c1-11(2)16-17(23-18-14(8-21)9-22-26(18)20(16)28)13-7-15(19(27)24(5)6)25(10-13)12(3)4/h7,9-12,23H,1-6H3. The van der Waals surface area contributed by atoms with Gasteiger partial charge in [-0.05, 0) is 25.8 Å². The minimum atomic E-state index is -0.266. The molecule has 1 N–H and O–H groups in total. The molecule has 28 heavy (non-hydrogen) atoms. The Hall–Kier alpha value is -3.34. The van der Waals surface area contributed by atoms with Gasteiger partial charge in [0.15, 0.2) is 5.65 Å². The first-order valence-corrected chi connectivity index (χ1v) is 9.15. The van der Waals surface area contributed by atoms with Gasteiger partial charge in [-0.2, -0.15) is 14.9 Å². The van der Waals surface area contributed by atoms with E-state index in [0.717, 1.165) is 5.56 Å². The maximum absolute atomic E-state index is 13.1. The van der Waals surface area contributed by atoms with Crippen LogP contribution in [0.4, 0.5) is 0 Å². The molecule has 0 radical (unpaired) electrons. The molecule has 0 saturated heterocycles. The Labute approximate surface area is 163 Å². The van der Waals surface area contributed by atoms with Crippen LogP contribution in [0.15, 0.2) is 23.3 Å². The van der Waals surface area contributed by atoms with Gasteiger partial charge in [-0.1, -0.05) is 13.8 Å². The molecule has 8 nitrogen and oxygen atoms in total. The first kappa shape index (κ1) is 19.4. The van der Waals surface area contributed by atoms with Crippen molar-refractivity contribution < 1.29 is 4.79 Å². The molecule has 0 unspecified atom stereocenters. The van der Waals surface area contributed by atoms with E-state index in [1.165, 1.54) is 15.6 Å². The van der Waals surface area contributed by atoms with Gasteiger partial charge in [0.05, 0.1) is 11.9 Å². The van der Waals surface area contributed by atoms with Gasteiger partial charge in [0, 0.05) is 37.5 Å². The minimum Gasteiger partial charge on any atom is -0.343 e. The Kier molecular flexibility index (Phi) is 4.86. The number of hydrogen-bond acceptors (Lipinski definition) is 4. The quantitative estimate of drug-likeness (QED) is 0.752. The highest BCUT2D eigenvalue weighted by atomic mass is 16.2. The van der Waals surface area contributed by atoms with E-state index in [1.807, 2.05) is 38.5 Å². The summed E-state index contributed by atoms with van der Waals surface area (Å²) in [6.07, 6.45) is 3.25. The molecule has 146 valence electrons. The van der Waals surface area contributed by atoms with E-state index >= 15 is 0 Å². The monoisotopic (exact) mass is 380 g/mol. The van der Waals surface area contributed by atoms with E-state index in [-0.39, 0.29) is 23.4 Å². The smallest absolute Gasteiger partial charge is 0.278 e. The summed E-state index contributed by atoms with van der Waals surface area (Å²) in [7, 11) is 3.41. The molecule has 0 spiro atoms. The number of nitrogens with zero attached hydrogens (tertiary/aromatic N) is 5. The number of rotatable bonds is 4. The molecule has 0 saturated carbocycles. The summed E-state index contributed by atoms with van der Waals surface area (Å²) in [6.45, 7) is 7.85. The number of H-pyrrole nitrogens is 1. The van der Waals surface area contributed by atoms with Crippen molar-refractivity contribution in [2.75, 3.05) is 14.1 Å². The summed E-state index contributed by atoms with van der Waals surface area (Å²) in [6, 6.07) is 3.91. The van der Waals surface area contributed by atoms with Crippen LogP contribution in [0.5, 0.6) is 0 Å². The molecule has 0 fully saturated rings. The molecular weight excluding hydrogens is 356 g/mol. The average molecular weight is 380 g/mol. The average Bonchev–Trinajstić information content (AvgIpc) is 3.24. The lowest BCUT2D eigenvalue weighted by Crippen LogP contribution is -2.24. The lowest BCUT2D eigenvalue weighted by atomic mass is 9.99. The van der Waals surface area contributed by atoms with Crippen LogP contribution in [0.25, 0.3) is 16.9 Å². The third-order valence-electron chi connectivity index (χ3n) is 4.72. The van der Waals surface area contributed by atoms with Crippen molar-refractivity contribution in [3.8, 4) is 17.3 Å². The predicted octanol–water partition coefficient (Wildman–Crippen LogP) is 2.77. The number of amides is 1. The van der Waals surface area contributed by atoms with Gasteiger partial charge in [0.25, 0.3) is 11.5 Å². The predicted molar refractivity (Wildman–Crippen MR) is 106 cm³/mol. The minimum absolute atomic E-state index is 0.0650. The molecular formula is C20H24N6O2. The van der Waals surface area contributed by atoms with E-state index < -0.39 is 0 Å². The second kappa shape index (κ2) is 7.00. The Bertz CT molecular complexity index is 1150. The maximum Gasteiger partial charge on any atom is 0.278 e. The van der Waals surface area contributed by atoms with Crippen molar-refractivity contribution in [1.29, 1.82) is 5.26 Å². The number of carbonyl (C=O) groups excluding carboxylic acids is 1. The van der Waals surface area contributed by atoms with E-state index in [2.05, 4.69) is 16.2 Å². The second-order valence-corrected chi connectivity index (χ2v) is 7.62. The van der Waals surface area contributed by atoms with Crippen molar-refractivity contribution in [2.24, 2.45) is 0 Å². The number of nitriles is 1. The van der Waals surface area contributed by atoms with Gasteiger partial charge in [-0.3, -0.25) is 9.59 Å². The van der Waals surface area contributed by atoms with E-state index in [1.54, 1.807) is 20.2 Å². The number of nitrogens with one attached hydrogen (secondary N) is 1. The van der Waals surface area contributed by atoms with E-state index in [4.69, 9.17) is 0 Å².